The van der Waals surface area contributed by atoms with Crippen LogP contribution in [0.25, 0.3) is 23.0 Å². The number of nitrogens with zero attached hydrogens (tertiary/aromatic N) is 5. The number of hydrogen-bond acceptors (Lipinski definition) is 4. The summed E-state index contributed by atoms with van der Waals surface area (Å²) >= 11 is 0. The first-order chi connectivity index (χ1) is 16.7. The van der Waals surface area contributed by atoms with Gasteiger partial charge in [-0.05, 0) is 48.0 Å². The first-order valence-electron chi connectivity index (χ1n) is 10.8. The Hall–Kier alpha value is -4.78. The Kier molecular flexibility index (Phi) is 6.07. The van der Waals surface area contributed by atoms with Crippen LogP contribution in [0.2, 0.25) is 0 Å². The van der Waals surface area contributed by atoms with E-state index in [-0.39, 0.29) is 5.91 Å². The smallest absolute Gasteiger partial charge is 0.248 e. The SMILES string of the molecule is O=C(/C=C/c1cn(-c2ccccc2)nc1-c1cccnc1)Nc1ccc(Cn2ccnc2)cc1. The highest BCUT2D eigenvalue weighted by Gasteiger charge is 2.11. The van der Waals surface area contributed by atoms with Crippen molar-refractivity contribution in [3.8, 4) is 16.9 Å². The lowest BCUT2D eigenvalue weighted by atomic mass is 10.1. The molecular formula is C27H22N6O. The third-order valence-corrected chi connectivity index (χ3v) is 5.26. The second-order valence-corrected chi connectivity index (χ2v) is 7.71. The number of rotatable bonds is 7. The lowest BCUT2D eigenvalue weighted by Gasteiger charge is -2.05. The summed E-state index contributed by atoms with van der Waals surface area (Å²) in [6.45, 7) is 0.733. The average Bonchev–Trinajstić information content (AvgIpc) is 3.55. The van der Waals surface area contributed by atoms with Gasteiger partial charge in [0.1, 0.15) is 5.69 Å². The van der Waals surface area contributed by atoms with Gasteiger partial charge in [-0.3, -0.25) is 9.78 Å². The summed E-state index contributed by atoms with van der Waals surface area (Å²) in [6, 6.07) is 21.4. The molecule has 0 atom stereocenters. The number of benzene rings is 2. The van der Waals surface area contributed by atoms with E-state index in [4.69, 9.17) is 5.10 Å². The molecule has 3 aromatic heterocycles. The van der Waals surface area contributed by atoms with Crippen LogP contribution in [-0.2, 0) is 11.3 Å². The minimum absolute atomic E-state index is 0.216. The molecule has 0 aliphatic heterocycles. The first-order valence-corrected chi connectivity index (χ1v) is 10.8. The van der Waals surface area contributed by atoms with Crippen LogP contribution in [0.4, 0.5) is 5.69 Å². The van der Waals surface area contributed by atoms with Gasteiger partial charge in [-0.2, -0.15) is 5.10 Å². The van der Waals surface area contributed by atoms with E-state index in [1.54, 1.807) is 35.7 Å². The number of carbonyl (C=O) groups is 1. The largest absolute Gasteiger partial charge is 0.333 e. The van der Waals surface area contributed by atoms with Gasteiger partial charge in [0.25, 0.3) is 0 Å². The van der Waals surface area contributed by atoms with Gasteiger partial charge < -0.3 is 9.88 Å². The van der Waals surface area contributed by atoms with E-state index in [0.717, 1.165) is 40.3 Å². The average molecular weight is 447 g/mol. The molecule has 166 valence electrons. The monoisotopic (exact) mass is 446 g/mol. The van der Waals surface area contributed by atoms with Crippen molar-refractivity contribution >= 4 is 17.7 Å². The Morgan fingerprint density at radius 2 is 1.79 bits per heavy atom. The maximum Gasteiger partial charge on any atom is 0.248 e. The van der Waals surface area contributed by atoms with Crippen molar-refractivity contribution in [3.05, 3.63) is 121 Å². The molecule has 0 unspecified atom stereocenters. The number of para-hydroxylation sites is 1. The second-order valence-electron chi connectivity index (χ2n) is 7.71. The summed E-state index contributed by atoms with van der Waals surface area (Å²) < 4.78 is 3.80. The van der Waals surface area contributed by atoms with Crippen molar-refractivity contribution in [3.63, 3.8) is 0 Å². The Labute approximate surface area is 197 Å². The van der Waals surface area contributed by atoms with E-state index in [2.05, 4.69) is 15.3 Å². The van der Waals surface area contributed by atoms with Gasteiger partial charge in [-0.25, -0.2) is 9.67 Å². The van der Waals surface area contributed by atoms with Crippen molar-refractivity contribution < 1.29 is 4.79 Å². The summed E-state index contributed by atoms with van der Waals surface area (Å²) in [5.74, 6) is -0.216. The topological polar surface area (TPSA) is 77.6 Å². The highest BCUT2D eigenvalue weighted by molar-refractivity contribution is 6.02. The van der Waals surface area contributed by atoms with Crippen LogP contribution in [-0.4, -0.2) is 30.2 Å². The molecule has 34 heavy (non-hydrogen) atoms. The van der Waals surface area contributed by atoms with Crippen LogP contribution in [0.5, 0.6) is 0 Å². The second kappa shape index (κ2) is 9.79. The maximum atomic E-state index is 12.6. The molecule has 0 aliphatic carbocycles. The zero-order chi connectivity index (χ0) is 23.2. The number of hydrogen-bond donors (Lipinski definition) is 1. The summed E-state index contributed by atoms with van der Waals surface area (Å²) in [5.41, 5.74) is 5.25. The zero-order valence-corrected chi connectivity index (χ0v) is 18.3. The van der Waals surface area contributed by atoms with Gasteiger partial charge in [0, 0.05) is 60.4 Å². The van der Waals surface area contributed by atoms with E-state index in [1.165, 1.54) is 6.08 Å². The maximum absolute atomic E-state index is 12.6. The summed E-state index contributed by atoms with van der Waals surface area (Å²) in [4.78, 5) is 20.9. The molecule has 1 N–H and O–H groups in total. The Morgan fingerprint density at radius 1 is 0.941 bits per heavy atom. The Bertz CT molecular complexity index is 1390. The Balaban J connectivity index is 1.33. The Morgan fingerprint density at radius 3 is 2.53 bits per heavy atom. The van der Waals surface area contributed by atoms with E-state index in [9.17, 15) is 4.79 Å². The van der Waals surface area contributed by atoms with Crippen LogP contribution in [0.3, 0.4) is 0 Å². The lowest BCUT2D eigenvalue weighted by molar-refractivity contribution is -0.111. The number of anilines is 1. The van der Waals surface area contributed by atoms with Crippen LogP contribution in [0, 0.1) is 0 Å². The molecule has 0 aliphatic rings. The molecule has 7 nitrogen and oxygen atoms in total. The molecule has 2 aromatic carbocycles. The number of pyridine rings is 1. The molecule has 0 bridgehead atoms. The van der Waals surface area contributed by atoms with Crippen molar-refractivity contribution in [2.45, 2.75) is 6.54 Å². The molecule has 0 saturated heterocycles. The zero-order valence-electron chi connectivity index (χ0n) is 18.3. The predicted octanol–water partition coefficient (Wildman–Crippen LogP) is 4.83. The molecular weight excluding hydrogens is 424 g/mol. The number of nitrogens with one attached hydrogen (secondary N) is 1. The highest BCUT2D eigenvalue weighted by Crippen LogP contribution is 2.24. The number of imidazole rings is 1. The molecule has 5 aromatic rings. The molecule has 0 radical (unpaired) electrons. The summed E-state index contributed by atoms with van der Waals surface area (Å²) in [7, 11) is 0. The van der Waals surface area contributed by atoms with Crippen LogP contribution in [0.1, 0.15) is 11.1 Å². The van der Waals surface area contributed by atoms with Gasteiger partial charge in [0.2, 0.25) is 5.91 Å². The third kappa shape index (κ3) is 4.99. The van der Waals surface area contributed by atoms with Crippen LogP contribution >= 0.6 is 0 Å². The van der Waals surface area contributed by atoms with Crippen LogP contribution < -0.4 is 5.32 Å². The lowest BCUT2D eigenvalue weighted by Crippen LogP contribution is -2.07. The minimum atomic E-state index is -0.216. The molecule has 0 spiro atoms. The number of amides is 1. The standard InChI is InChI=1S/C27H22N6O/c34-26(30-24-11-8-21(9-12-24)18-32-16-15-29-20-32)13-10-23-19-33(25-6-2-1-3-7-25)31-27(23)22-5-4-14-28-17-22/h1-17,19-20H,18H2,(H,30,34)/b13-10+. The predicted molar refractivity (Wildman–Crippen MR) is 132 cm³/mol. The fourth-order valence-corrected chi connectivity index (χ4v) is 3.58. The van der Waals surface area contributed by atoms with Gasteiger partial charge in [0.05, 0.1) is 12.0 Å². The van der Waals surface area contributed by atoms with Crippen molar-refractivity contribution in [2.24, 2.45) is 0 Å². The van der Waals surface area contributed by atoms with Crippen LogP contribution in [0.15, 0.2) is 110 Å². The fraction of sp³-hybridized carbons (Fsp3) is 0.0370. The van der Waals surface area contributed by atoms with Gasteiger partial charge in [-0.15, -0.1) is 0 Å². The van der Waals surface area contributed by atoms with E-state index in [1.807, 2.05) is 83.7 Å². The van der Waals surface area contributed by atoms with E-state index in [0.29, 0.717) is 0 Å². The van der Waals surface area contributed by atoms with Gasteiger partial charge in [-0.1, -0.05) is 30.3 Å². The minimum Gasteiger partial charge on any atom is -0.333 e. The van der Waals surface area contributed by atoms with E-state index >= 15 is 0 Å². The van der Waals surface area contributed by atoms with Gasteiger partial charge >= 0.3 is 0 Å². The third-order valence-electron chi connectivity index (χ3n) is 5.26. The molecule has 5 rings (SSSR count). The van der Waals surface area contributed by atoms with E-state index < -0.39 is 0 Å². The fourth-order valence-electron chi connectivity index (χ4n) is 3.58. The molecule has 3 heterocycles. The number of aromatic nitrogens is 5. The quantitative estimate of drug-likeness (QED) is 0.363. The van der Waals surface area contributed by atoms with Crippen molar-refractivity contribution in [1.82, 2.24) is 24.3 Å². The summed E-state index contributed by atoms with van der Waals surface area (Å²) in [6.07, 6.45) is 14.1. The highest BCUT2D eigenvalue weighted by atomic mass is 16.1. The normalized spacial score (nSPS) is 11.1. The number of carbonyl (C=O) groups excluding carboxylic acids is 1. The molecule has 0 fully saturated rings. The first kappa shape index (κ1) is 21.1. The summed E-state index contributed by atoms with van der Waals surface area (Å²) in [5, 5.41) is 7.65. The molecule has 7 heteroatoms. The van der Waals surface area contributed by atoms with Gasteiger partial charge in [0.15, 0.2) is 0 Å². The molecule has 1 amide bonds. The molecule has 0 saturated carbocycles. The van der Waals surface area contributed by atoms with Crippen molar-refractivity contribution in [1.29, 1.82) is 0 Å². The van der Waals surface area contributed by atoms with Crippen molar-refractivity contribution in [2.75, 3.05) is 5.32 Å².